The molecule has 0 bridgehead atoms. The van der Waals surface area contributed by atoms with Gasteiger partial charge < -0.3 is 68.3 Å². The lowest BCUT2D eigenvalue weighted by Gasteiger charge is -2.25. The highest BCUT2D eigenvalue weighted by atomic mass is 31.2. The number of imidazole rings is 2. The van der Waals surface area contributed by atoms with Gasteiger partial charge in [-0.3, -0.25) is 28.3 Å². The van der Waals surface area contributed by atoms with Crippen molar-refractivity contribution in [3.05, 3.63) is 98.1 Å². The lowest BCUT2D eigenvalue weighted by atomic mass is 10.3. The molecule has 8 N–H and O–H groups in total. The van der Waals surface area contributed by atoms with Gasteiger partial charge in [0.25, 0.3) is 0 Å². The molecule has 32 heteroatoms. The number of nitrogens with zero attached hydrogens (tertiary/aromatic N) is 8. The van der Waals surface area contributed by atoms with Gasteiger partial charge in [0.15, 0.2) is 22.9 Å². The van der Waals surface area contributed by atoms with E-state index in [1.165, 1.54) is 40.7 Å². The van der Waals surface area contributed by atoms with Gasteiger partial charge in [0, 0.05) is 26.0 Å². The van der Waals surface area contributed by atoms with Crippen molar-refractivity contribution in [3.8, 4) is 11.5 Å². The molecule has 6 atom stereocenters. The second-order valence-corrected chi connectivity index (χ2v) is 22.2. The number of para-hydroxylation sites is 2. The first-order valence-corrected chi connectivity index (χ1v) is 29.0. The lowest BCUT2D eigenvalue weighted by Crippen LogP contribution is -2.37. The Bertz CT molecular complexity index is 2960. The SMILES string of the molecule is CC(C)OC(=O)C(C)NP(=O)(COC(C)Cn1cnc2c(N)ncnc21)Oc1ccccc1.CC(C)OC(=O)C(C)NP(=O)(COC(C)Cn1cnc2c(N)ncnc21)Oc1ccccc1.COC(C)=O.COC(C)=O.O=C(O)/C=C/C(=O)O. The summed E-state index contributed by atoms with van der Waals surface area (Å²) < 4.78 is 72.7. The number of rotatable bonds is 24. The molecular formula is C52H74N12O18P2. The molecule has 6 rings (SSSR count). The maximum Gasteiger partial charge on any atom is 0.342 e. The smallest absolute Gasteiger partial charge is 0.342 e. The molecule has 0 radical (unpaired) electrons. The van der Waals surface area contributed by atoms with Gasteiger partial charge in [0.05, 0.1) is 64.4 Å². The van der Waals surface area contributed by atoms with Crippen LogP contribution in [0.25, 0.3) is 22.3 Å². The molecule has 4 heterocycles. The fourth-order valence-corrected chi connectivity index (χ4v) is 9.74. The van der Waals surface area contributed by atoms with Crippen molar-refractivity contribution in [2.45, 2.75) is 119 Å². The molecule has 0 saturated carbocycles. The summed E-state index contributed by atoms with van der Waals surface area (Å²) in [5.74, 6) is -2.70. The Morgan fingerprint density at radius 2 is 0.881 bits per heavy atom. The second kappa shape index (κ2) is 36.2. The van der Waals surface area contributed by atoms with E-state index in [0.29, 0.717) is 70.7 Å². The summed E-state index contributed by atoms with van der Waals surface area (Å²) in [5, 5.41) is 21.2. The van der Waals surface area contributed by atoms with E-state index in [-0.39, 0.29) is 49.1 Å². The normalized spacial score (nSPS) is 13.6. The minimum atomic E-state index is -3.64. The molecule has 0 aliphatic rings. The molecule has 6 aromatic rings. The Morgan fingerprint density at radius 3 is 1.17 bits per heavy atom. The third-order valence-corrected chi connectivity index (χ3v) is 13.5. The lowest BCUT2D eigenvalue weighted by molar-refractivity contribution is -0.149. The van der Waals surface area contributed by atoms with Crippen LogP contribution in [0.3, 0.4) is 0 Å². The standard InChI is InChI=1S/2C21H29N6O5P.C4H4O4.2C3H6O2/c2*1-14(2)31-21(28)16(4)26-33(29,32-17-8-6-5-7-9-17)13-30-15(3)10-27-12-25-18-19(22)23-11-24-20(18)27;5-3(6)1-2-4(7)8;2*1-3(4)5-2/h2*5-9,11-12,14-16H,10,13H2,1-4H3,(H,26,29)(H2,22,23,24);1-2H,(H,5,6)(H,7,8);2*1-2H3/b;;2-1+;;. The van der Waals surface area contributed by atoms with Crippen LogP contribution in [0.15, 0.2) is 98.1 Å². The van der Waals surface area contributed by atoms with Crippen molar-refractivity contribution in [2.24, 2.45) is 0 Å². The number of ether oxygens (including phenoxy) is 6. The van der Waals surface area contributed by atoms with Crippen LogP contribution in [0.2, 0.25) is 0 Å². The first kappa shape index (κ1) is 71.7. The number of carboxylic acid groups (broad SMARTS) is 2. The summed E-state index contributed by atoms with van der Waals surface area (Å²) in [6.45, 7) is 17.2. The van der Waals surface area contributed by atoms with Crippen LogP contribution in [0.1, 0.15) is 69.2 Å². The highest BCUT2D eigenvalue weighted by Crippen LogP contribution is 2.45. The molecule has 460 valence electrons. The second-order valence-electron chi connectivity index (χ2n) is 18.1. The maximum absolute atomic E-state index is 13.6. The highest BCUT2D eigenvalue weighted by molar-refractivity contribution is 7.57. The molecule has 0 aliphatic carbocycles. The monoisotopic (exact) mass is 1220 g/mol. The Morgan fingerprint density at radius 1 is 0.560 bits per heavy atom. The predicted molar refractivity (Wildman–Crippen MR) is 307 cm³/mol. The molecule has 0 spiro atoms. The fraction of sp³-hybridized carbons (Fsp3) is 0.423. The molecule has 2 aromatic carbocycles. The first-order chi connectivity index (χ1) is 39.5. The Hall–Kier alpha value is -8.40. The molecule has 0 amide bonds. The number of carbonyl (C=O) groups is 6. The van der Waals surface area contributed by atoms with Gasteiger partial charge >= 0.3 is 50.9 Å². The number of nitrogens with two attached hydrogens (primary N) is 2. The topological polar surface area (TPSA) is 414 Å². The number of aromatic nitrogens is 8. The molecule has 84 heavy (non-hydrogen) atoms. The van der Waals surface area contributed by atoms with Crippen molar-refractivity contribution in [1.82, 2.24) is 49.2 Å². The number of hydrogen-bond acceptors (Lipinski definition) is 24. The van der Waals surface area contributed by atoms with Crippen molar-refractivity contribution >= 4 is 84.8 Å². The van der Waals surface area contributed by atoms with Gasteiger partial charge in [-0.2, -0.15) is 0 Å². The van der Waals surface area contributed by atoms with Gasteiger partial charge in [-0.15, -0.1) is 0 Å². The number of carbonyl (C=O) groups excluding carboxylic acids is 4. The Labute approximate surface area is 485 Å². The van der Waals surface area contributed by atoms with Crippen LogP contribution in [-0.4, -0.2) is 148 Å². The van der Waals surface area contributed by atoms with Crippen molar-refractivity contribution in [1.29, 1.82) is 0 Å². The highest BCUT2D eigenvalue weighted by Gasteiger charge is 2.33. The third kappa shape index (κ3) is 27.6. The molecule has 30 nitrogen and oxygen atoms in total. The van der Waals surface area contributed by atoms with Crippen molar-refractivity contribution < 1.29 is 85.6 Å². The van der Waals surface area contributed by atoms with E-state index in [1.54, 1.807) is 112 Å². The van der Waals surface area contributed by atoms with E-state index in [0.717, 1.165) is 0 Å². The van der Waals surface area contributed by atoms with Gasteiger partial charge in [-0.25, -0.2) is 49.7 Å². The van der Waals surface area contributed by atoms with E-state index < -0.39 is 51.0 Å². The van der Waals surface area contributed by atoms with E-state index in [1.807, 2.05) is 26.0 Å². The van der Waals surface area contributed by atoms with Crippen LogP contribution in [0, 0.1) is 0 Å². The summed E-state index contributed by atoms with van der Waals surface area (Å²) in [5.41, 5.74) is 13.8. The van der Waals surface area contributed by atoms with Crippen LogP contribution in [0.5, 0.6) is 11.5 Å². The largest absolute Gasteiger partial charge is 0.478 e. The summed E-state index contributed by atoms with van der Waals surface area (Å²) in [4.78, 5) is 87.5. The molecule has 4 aromatic heterocycles. The molecule has 0 saturated heterocycles. The number of methoxy groups -OCH3 is 2. The zero-order valence-corrected chi connectivity index (χ0v) is 50.4. The Balaban J connectivity index is 0.000000444. The first-order valence-electron chi connectivity index (χ1n) is 25.4. The summed E-state index contributed by atoms with van der Waals surface area (Å²) >= 11 is 0. The van der Waals surface area contributed by atoms with E-state index in [9.17, 15) is 37.9 Å². The van der Waals surface area contributed by atoms with Crippen LogP contribution >= 0.6 is 15.0 Å². The minimum Gasteiger partial charge on any atom is -0.478 e. The number of benzene rings is 2. The Kier molecular flexibility index (Phi) is 30.9. The molecule has 0 aliphatic heterocycles. The number of esters is 4. The summed E-state index contributed by atoms with van der Waals surface area (Å²) in [6.07, 6.45) is 5.14. The van der Waals surface area contributed by atoms with Crippen LogP contribution in [0.4, 0.5) is 11.6 Å². The van der Waals surface area contributed by atoms with Crippen LogP contribution in [-0.2, 0) is 79.4 Å². The van der Waals surface area contributed by atoms with Gasteiger partial charge in [0.1, 0.15) is 60.0 Å². The van der Waals surface area contributed by atoms with E-state index >= 15 is 0 Å². The number of fused-ring (bicyclic) bond motifs is 2. The van der Waals surface area contributed by atoms with Gasteiger partial charge in [-0.1, -0.05) is 36.4 Å². The quantitative estimate of drug-likeness (QED) is 0.0175. The molecule has 0 fully saturated rings. The minimum absolute atomic E-state index is 0.245. The van der Waals surface area contributed by atoms with Gasteiger partial charge in [-0.05, 0) is 79.7 Å². The average molecular weight is 1220 g/mol. The number of carboxylic acids is 2. The fourth-order valence-electron chi connectivity index (χ4n) is 6.16. The number of nitrogens with one attached hydrogen (secondary N) is 2. The number of anilines is 2. The van der Waals surface area contributed by atoms with Crippen molar-refractivity contribution in [2.75, 3.05) is 38.4 Å². The summed E-state index contributed by atoms with van der Waals surface area (Å²) in [7, 11) is -4.58. The van der Waals surface area contributed by atoms with Crippen LogP contribution < -0.4 is 30.7 Å². The maximum atomic E-state index is 13.6. The number of nitrogen functional groups attached to an aromatic ring is 2. The van der Waals surface area contributed by atoms with Gasteiger partial charge in [0.2, 0.25) is 0 Å². The van der Waals surface area contributed by atoms with Crippen molar-refractivity contribution in [3.63, 3.8) is 0 Å². The zero-order chi connectivity index (χ0) is 63.2. The molecular weight excluding hydrogens is 1140 g/mol. The average Bonchev–Trinajstić information content (AvgIpc) is 3.36. The van der Waals surface area contributed by atoms with E-state index in [4.69, 9.17) is 49.7 Å². The van der Waals surface area contributed by atoms with E-state index in [2.05, 4.69) is 49.6 Å². The zero-order valence-electron chi connectivity index (χ0n) is 48.6. The predicted octanol–water partition coefficient (Wildman–Crippen LogP) is 6.02. The third-order valence-electron chi connectivity index (χ3n) is 9.95. The number of hydrogen-bond donors (Lipinski definition) is 6. The summed E-state index contributed by atoms with van der Waals surface area (Å²) in [6, 6.07) is 15.7. The molecule has 6 unspecified atom stereocenters. The number of aliphatic carboxylic acids is 2.